The van der Waals surface area contributed by atoms with Gasteiger partial charge in [0.15, 0.2) is 0 Å². The molecule has 0 aliphatic carbocycles. The normalized spacial score (nSPS) is 13.6. The van der Waals surface area contributed by atoms with Crippen molar-refractivity contribution >= 4 is 52.1 Å². The summed E-state index contributed by atoms with van der Waals surface area (Å²) in [6.07, 6.45) is 1.53. The van der Waals surface area contributed by atoms with Crippen LogP contribution in [0.1, 0.15) is 30.4 Å². The Balaban J connectivity index is 1.80. The van der Waals surface area contributed by atoms with Gasteiger partial charge in [0.1, 0.15) is 5.84 Å². The number of fused-ring (bicyclic) bond motifs is 1. The first-order valence-electron chi connectivity index (χ1n) is 9.53. The van der Waals surface area contributed by atoms with Crippen LogP contribution in [0.2, 0.25) is 5.02 Å². The third-order valence-corrected chi connectivity index (χ3v) is 5.14. The standard InChI is InChI=1S/C22H22Cl2N4O2/c1-30-21(29)12-6-7-15(13-23)27-28-20-14-25-22(16-8-2-4-10-18(16)24)17-9-3-5-11-19(17)26-20/h2-5,8-11H,6-7,12-14H2,1H3,(H,26,28). The van der Waals surface area contributed by atoms with Crippen molar-refractivity contribution in [2.24, 2.45) is 15.1 Å². The molecule has 30 heavy (non-hydrogen) atoms. The molecule has 0 spiro atoms. The topological polar surface area (TPSA) is 75.4 Å². The Morgan fingerprint density at radius 3 is 2.60 bits per heavy atom. The molecule has 0 amide bonds. The Morgan fingerprint density at radius 2 is 1.87 bits per heavy atom. The van der Waals surface area contributed by atoms with Crippen molar-refractivity contribution in [3.8, 4) is 0 Å². The maximum atomic E-state index is 11.3. The summed E-state index contributed by atoms with van der Waals surface area (Å²) in [5.41, 5.74) is 7.05. The highest BCUT2D eigenvalue weighted by molar-refractivity contribution is 6.36. The molecule has 0 aromatic heterocycles. The minimum atomic E-state index is -0.247. The summed E-state index contributed by atoms with van der Waals surface area (Å²) in [5, 5.41) is 5.01. The van der Waals surface area contributed by atoms with Gasteiger partial charge in [0.05, 0.1) is 36.6 Å². The first kappa shape index (κ1) is 22.0. The Hall–Kier alpha value is -2.70. The van der Waals surface area contributed by atoms with Crippen LogP contribution < -0.4 is 5.43 Å². The number of benzene rings is 2. The number of para-hydroxylation sites is 1. The lowest BCUT2D eigenvalue weighted by atomic mass is 10.0. The van der Waals surface area contributed by atoms with Crippen molar-refractivity contribution in [2.45, 2.75) is 19.3 Å². The molecule has 0 saturated heterocycles. The predicted molar refractivity (Wildman–Crippen MR) is 123 cm³/mol. The van der Waals surface area contributed by atoms with Crippen LogP contribution in [-0.4, -0.2) is 42.8 Å². The molecule has 3 rings (SSSR count). The molecule has 0 saturated carbocycles. The van der Waals surface area contributed by atoms with Crippen molar-refractivity contribution in [3.63, 3.8) is 0 Å². The lowest BCUT2D eigenvalue weighted by molar-refractivity contribution is -0.140. The van der Waals surface area contributed by atoms with E-state index in [0.29, 0.717) is 36.7 Å². The molecular weight excluding hydrogens is 423 g/mol. The highest BCUT2D eigenvalue weighted by Crippen LogP contribution is 2.27. The van der Waals surface area contributed by atoms with Crippen molar-refractivity contribution in [1.29, 1.82) is 0 Å². The number of alkyl halides is 1. The lowest BCUT2D eigenvalue weighted by Crippen LogP contribution is -2.23. The summed E-state index contributed by atoms with van der Waals surface area (Å²) < 4.78 is 4.65. The van der Waals surface area contributed by atoms with Gasteiger partial charge in [0.2, 0.25) is 0 Å². The van der Waals surface area contributed by atoms with Crippen LogP contribution in [0.25, 0.3) is 0 Å². The van der Waals surface area contributed by atoms with Crippen LogP contribution in [0, 0.1) is 0 Å². The minimum Gasteiger partial charge on any atom is -0.469 e. The van der Waals surface area contributed by atoms with E-state index in [1.165, 1.54) is 7.11 Å². The van der Waals surface area contributed by atoms with Gasteiger partial charge in [-0.05, 0) is 25.0 Å². The third kappa shape index (κ3) is 5.68. The zero-order chi connectivity index (χ0) is 21.3. The molecule has 1 heterocycles. The number of nitrogens with zero attached hydrogens (tertiary/aromatic N) is 3. The maximum absolute atomic E-state index is 11.3. The van der Waals surface area contributed by atoms with Crippen LogP contribution in [0.4, 0.5) is 5.69 Å². The molecule has 0 atom stereocenters. The molecule has 2 aromatic rings. The third-order valence-electron chi connectivity index (χ3n) is 4.50. The van der Waals surface area contributed by atoms with Crippen molar-refractivity contribution < 1.29 is 9.53 Å². The second kappa shape index (κ2) is 10.9. The quantitative estimate of drug-likeness (QED) is 0.289. The summed E-state index contributed by atoms with van der Waals surface area (Å²) >= 11 is 12.4. The lowest BCUT2D eigenvalue weighted by Gasteiger charge is -2.09. The molecule has 0 fully saturated rings. The molecular formula is C22H22Cl2N4O2. The molecule has 1 N–H and O–H groups in total. The van der Waals surface area contributed by atoms with Gasteiger partial charge < -0.3 is 4.74 Å². The Morgan fingerprint density at radius 1 is 1.13 bits per heavy atom. The number of halogens is 2. The number of nitrogens with one attached hydrogen (secondary N) is 1. The summed E-state index contributed by atoms with van der Waals surface area (Å²) in [6.45, 7) is 0.316. The number of hydrogen-bond donors (Lipinski definition) is 1. The number of rotatable bonds is 7. The number of ether oxygens (including phenoxy) is 1. The van der Waals surface area contributed by atoms with Crippen LogP contribution in [0.3, 0.4) is 0 Å². The van der Waals surface area contributed by atoms with Gasteiger partial charge in [-0.3, -0.25) is 15.2 Å². The fraction of sp³-hybridized carbons (Fsp3) is 0.273. The monoisotopic (exact) mass is 444 g/mol. The van der Waals surface area contributed by atoms with Crippen LogP contribution in [-0.2, 0) is 9.53 Å². The smallest absolute Gasteiger partial charge is 0.305 e. The Labute approximate surface area is 185 Å². The molecule has 0 bridgehead atoms. The molecule has 2 aromatic carbocycles. The largest absolute Gasteiger partial charge is 0.469 e. The summed E-state index contributed by atoms with van der Waals surface area (Å²) in [7, 11) is 1.37. The second-order valence-corrected chi connectivity index (χ2v) is 7.25. The first-order valence-corrected chi connectivity index (χ1v) is 10.4. The molecule has 0 unspecified atom stereocenters. The molecule has 6 nitrogen and oxygen atoms in total. The van der Waals surface area contributed by atoms with E-state index in [1.807, 2.05) is 48.5 Å². The Kier molecular flexibility index (Phi) is 7.99. The molecule has 1 aliphatic rings. The number of esters is 1. The molecule has 156 valence electrons. The van der Waals surface area contributed by atoms with Crippen molar-refractivity contribution in [3.05, 3.63) is 64.7 Å². The van der Waals surface area contributed by atoms with E-state index in [4.69, 9.17) is 33.2 Å². The SMILES string of the molecule is COC(=O)CCCC(CCl)=NNC1=Nc2ccccc2C(c2ccccc2Cl)=NC1. The highest BCUT2D eigenvalue weighted by atomic mass is 35.5. The van der Waals surface area contributed by atoms with E-state index in [2.05, 4.69) is 15.3 Å². The van der Waals surface area contributed by atoms with Crippen LogP contribution >= 0.6 is 23.2 Å². The van der Waals surface area contributed by atoms with Crippen molar-refractivity contribution in [2.75, 3.05) is 19.5 Å². The van der Waals surface area contributed by atoms with Gasteiger partial charge in [0.25, 0.3) is 0 Å². The first-order chi connectivity index (χ1) is 14.6. The van der Waals surface area contributed by atoms with Crippen LogP contribution in [0.5, 0.6) is 0 Å². The van der Waals surface area contributed by atoms with E-state index in [9.17, 15) is 4.79 Å². The fourth-order valence-electron chi connectivity index (χ4n) is 2.97. The number of carbonyl (C=O) groups is 1. The van der Waals surface area contributed by atoms with Gasteiger partial charge in [-0.15, -0.1) is 11.6 Å². The van der Waals surface area contributed by atoms with Gasteiger partial charge in [0, 0.05) is 22.6 Å². The zero-order valence-corrected chi connectivity index (χ0v) is 18.1. The van der Waals surface area contributed by atoms with Gasteiger partial charge >= 0.3 is 5.97 Å². The zero-order valence-electron chi connectivity index (χ0n) is 16.6. The van der Waals surface area contributed by atoms with E-state index in [-0.39, 0.29) is 11.8 Å². The van der Waals surface area contributed by atoms with Crippen molar-refractivity contribution in [1.82, 2.24) is 5.43 Å². The van der Waals surface area contributed by atoms with E-state index in [0.717, 1.165) is 28.2 Å². The molecule has 1 aliphatic heterocycles. The van der Waals surface area contributed by atoms with E-state index in [1.54, 1.807) is 0 Å². The fourth-order valence-corrected chi connectivity index (χ4v) is 3.39. The van der Waals surface area contributed by atoms with Crippen LogP contribution in [0.15, 0.2) is 63.6 Å². The van der Waals surface area contributed by atoms with E-state index >= 15 is 0 Å². The number of hydrazone groups is 1. The number of aliphatic imine (C=N–C) groups is 2. The maximum Gasteiger partial charge on any atom is 0.305 e. The summed E-state index contributed by atoms with van der Waals surface area (Å²) in [5.74, 6) is 0.606. The van der Waals surface area contributed by atoms with Gasteiger partial charge in [-0.2, -0.15) is 5.10 Å². The average Bonchev–Trinajstić information content (AvgIpc) is 2.95. The number of methoxy groups -OCH3 is 1. The molecule has 8 heteroatoms. The number of amidine groups is 1. The number of hydrogen-bond acceptors (Lipinski definition) is 6. The van der Waals surface area contributed by atoms with Gasteiger partial charge in [-0.1, -0.05) is 48.0 Å². The predicted octanol–water partition coefficient (Wildman–Crippen LogP) is 4.75. The summed E-state index contributed by atoms with van der Waals surface area (Å²) in [6, 6.07) is 15.4. The van der Waals surface area contributed by atoms with E-state index < -0.39 is 0 Å². The number of carbonyl (C=O) groups excluding carboxylic acids is 1. The molecule has 0 radical (unpaired) electrons. The van der Waals surface area contributed by atoms with Gasteiger partial charge in [-0.25, -0.2) is 4.99 Å². The summed E-state index contributed by atoms with van der Waals surface area (Å²) in [4.78, 5) is 20.7. The minimum absolute atomic E-state index is 0.247. The second-order valence-electron chi connectivity index (χ2n) is 6.57. The average molecular weight is 445 g/mol. The highest BCUT2D eigenvalue weighted by Gasteiger charge is 2.17. The Bertz CT molecular complexity index is 1000.